The van der Waals surface area contributed by atoms with Gasteiger partial charge in [-0.2, -0.15) is 0 Å². The number of rotatable bonds is 4. The summed E-state index contributed by atoms with van der Waals surface area (Å²) in [5, 5.41) is 0. The van der Waals surface area contributed by atoms with E-state index >= 15 is 0 Å². The number of carbonyl (C=O) groups is 4. The molecule has 0 spiro atoms. The molecule has 0 fully saturated rings. The fraction of sp³-hybridized carbons (Fsp3) is 0.231. The lowest BCUT2D eigenvalue weighted by atomic mass is 10.1. The molecule has 1 aliphatic heterocycles. The molecule has 0 N–H and O–H groups in total. The fourth-order valence-electron chi connectivity index (χ4n) is 1.84. The van der Waals surface area contributed by atoms with Crippen molar-refractivity contribution < 1.29 is 32.7 Å². The zero-order chi connectivity index (χ0) is 15.7. The van der Waals surface area contributed by atoms with Crippen molar-refractivity contribution in [3.63, 3.8) is 0 Å². The van der Waals surface area contributed by atoms with Gasteiger partial charge in [0.05, 0.1) is 11.1 Å². The van der Waals surface area contributed by atoms with Crippen LogP contribution in [0.5, 0.6) is 0 Å². The highest BCUT2D eigenvalue weighted by atomic mass is 19.1. The van der Waals surface area contributed by atoms with Crippen LogP contribution in [0.25, 0.3) is 0 Å². The van der Waals surface area contributed by atoms with Gasteiger partial charge in [0.2, 0.25) is 0 Å². The lowest BCUT2D eigenvalue weighted by Gasteiger charge is -2.13. The molecule has 6 nitrogen and oxygen atoms in total. The van der Waals surface area contributed by atoms with E-state index in [1.807, 2.05) is 0 Å². The summed E-state index contributed by atoms with van der Waals surface area (Å²) in [6, 6.07) is 1.45. The second kappa shape index (κ2) is 5.39. The van der Waals surface area contributed by atoms with Gasteiger partial charge in [-0.05, 0) is 19.1 Å². The number of carbonyl (C=O) groups excluding carboxylic acids is 4. The molecule has 0 radical (unpaired) electrons. The Kier molecular flexibility index (Phi) is 3.79. The van der Waals surface area contributed by atoms with E-state index in [1.54, 1.807) is 0 Å². The quantitative estimate of drug-likeness (QED) is 0.471. The van der Waals surface area contributed by atoms with E-state index in [-0.39, 0.29) is 0 Å². The summed E-state index contributed by atoms with van der Waals surface area (Å²) in [5.41, 5.74) is -1.38. The molecule has 0 unspecified atom stereocenters. The number of benzene rings is 1. The van der Waals surface area contributed by atoms with Gasteiger partial charge in [0, 0.05) is 0 Å². The molecule has 0 aromatic heterocycles. The molecular formula is C13H9F2NO5. The number of ether oxygens (including phenoxy) is 1. The number of esters is 1. The second-order valence-corrected chi connectivity index (χ2v) is 4.34. The maximum atomic E-state index is 13.5. The number of hydrogen-bond acceptors (Lipinski definition) is 5. The summed E-state index contributed by atoms with van der Waals surface area (Å²) in [4.78, 5) is 46.0. The molecule has 1 aromatic rings. The van der Waals surface area contributed by atoms with Gasteiger partial charge in [0.1, 0.15) is 23.8 Å². The Bertz CT molecular complexity index is 630. The van der Waals surface area contributed by atoms with Gasteiger partial charge >= 0.3 is 5.97 Å². The monoisotopic (exact) mass is 297 g/mol. The van der Waals surface area contributed by atoms with Crippen LogP contribution in [-0.2, 0) is 14.3 Å². The third-order valence-electron chi connectivity index (χ3n) is 2.77. The summed E-state index contributed by atoms with van der Waals surface area (Å²) < 4.78 is 31.6. The molecule has 2 amide bonds. The minimum absolute atomic E-state index is 0.398. The maximum Gasteiger partial charge on any atom is 0.315 e. The van der Waals surface area contributed by atoms with Gasteiger partial charge in [-0.1, -0.05) is 0 Å². The molecule has 1 aliphatic rings. The van der Waals surface area contributed by atoms with E-state index in [4.69, 9.17) is 0 Å². The molecule has 0 atom stereocenters. The van der Waals surface area contributed by atoms with E-state index < -0.39 is 59.5 Å². The summed E-state index contributed by atoms with van der Waals surface area (Å²) in [6.07, 6.45) is -0.522. The maximum absolute atomic E-state index is 13.5. The molecule has 21 heavy (non-hydrogen) atoms. The lowest BCUT2D eigenvalue weighted by Crippen LogP contribution is -2.33. The van der Waals surface area contributed by atoms with Crippen molar-refractivity contribution in [1.29, 1.82) is 0 Å². The van der Waals surface area contributed by atoms with E-state index in [0.717, 1.165) is 19.1 Å². The van der Waals surface area contributed by atoms with Crippen LogP contribution in [0.15, 0.2) is 12.1 Å². The van der Waals surface area contributed by atoms with Crippen LogP contribution in [0.2, 0.25) is 0 Å². The molecule has 8 heteroatoms. The first-order valence-corrected chi connectivity index (χ1v) is 5.82. The molecule has 1 aromatic carbocycles. The Morgan fingerprint density at radius 1 is 1.10 bits per heavy atom. The van der Waals surface area contributed by atoms with Gasteiger partial charge < -0.3 is 4.74 Å². The zero-order valence-electron chi connectivity index (χ0n) is 10.8. The van der Waals surface area contributed by atoms with Crippen LogP contribution in [0.1, 0.15) is 34.1 Å². The topological polar surface area (TPSA) is 80.8 Å². The smallest absolute Gasteiger partial charge is 0.315 e. The van der Waals surface area contributed by atoms with Crippen LogP contribution in [0.3, 0.4) is 0 Å². The first-order valence-electron chi connectivity index (χ1n) is 5.82. The van der Waals surface area contributed by atoms with Crippen LogP contribution < -0.4 is 0 Å². The molecule has 110 valence electrons. The first kappa shape index (κ1) is 14.8. The van der Waals surface area contributed by atoms with Crippen LogP contribution >= 0.6 is 0 Å². The fourth-order valence-corrected chi connectivity index (χ4v) is 1.84. The Morgan fingerprint density at radius 2 is 1.57 bits per heavy atom. The van der Waals surface area contributed by atoms with Crippen LogP contribution in [0, 0.1) is 11.6 Å². The zero-order valence-corrected chi connectivity index (χ0v) is 10.8. The summed E-state index contributed by atoms with van der Waals surface area (Å²) in [6.45, 7) is 0.353. The highest BCUT2D eigenvalue weighted by molar-refractivity contribution is 6.21. The molecule has 0 saturated carbocycles. The minimum atomic E-state index is -1.09. The summed E-state index contributed by atoms with van der Waals surface area (Å²) in [7, 11) is 0. The van der Waals surface area contributed by atoms with E-state index in [9.17, 15) is 28.0 Å². The minimum Gasteiger partial charge on any atom is -0.443 e. The highest BCUT2D eigenvalue weighted by Crippen LogP contribution is 2.27. The molecule has 0 saturated heterocycles. The van der Waals surface area contributed by atoms with Gasteiger partial charge in [-0.3, -0.25) is 19.2 Å². The van der Waals surface area contributed by atoms with Crippen molar-refractivity contribution >= 4 is 23.6 Å². The van der Waals surface area contributed by atoms with Crippen LogP contribution in [0.4, 0.5) is 8.78 Å². The predicted octanol–water partition coefficient (Wildman–Crippen LogP) is 1.04. The highest BCUT2D eigenvalue weighted by Gasteiger charge is 2.40. The Balaban J connectivity index is 2.19. The van der Waals surface area contributed by atoms with Crippen LogP contribution in [-0.4, -0.2) is 35.2 Å². The molecule has 1 heterocycles. The average molecular weight is 297 g/mol. The third kappa shape index (κ3) is 2.64. The van der Waals surface area contributed by atoms with Crippen molar-refractivity contribution in [1.82, 2.24) is 4.90 Å². The number of amides is 2. The van der Waals surface area contributed by atoms with Crippen molar-refractivity contribution in [2.45, 2.75) is 13.3 Å². The third-order valence-corrected chi connectivity index (χ3v) is 2.77. The van der Waals surface area contributed by atoms with E-state index in [1.165, 1.54) is 0 Å². The van der Waals surface area contributed by atoms with Crippen molar-refractivity contribution in [3.05, 3.63) is 34.9 Å². The molecule has 0 bridgehead atoms. The molecule has 0 aliphatic carbocycles. The van der Waals surface area contributed by atoms with Gasteiger partial charge in [0.25, 0.3) is 11.8 Å². The predicted molar refractivity (Wildman–Crippen MR) is 63.1 cm³/mol. The number of nitrogens with zero attached hydrogens (tertiary/aromatic N) is 1. The Hall–Kier alpha value is -2.64. The van der Waals surface area contributed by atoms with Gasteiger partial charge in [-0.15, -0.1) is 0 Å². The summed E-state index contributed by atoms with van der Waals surface area (Å²) >= 11 is 0. The summed E-state index contributed by atoms with van der Waals surface area (Å²) in [5.74, 6) is -5.67. The lowest BCUT2D eigenvalue weighted by molar-refractivity contribution is -0.148. The first-order chi connectivity index (χ1) is 9.82. The number of imide groups is 1. The Labute approximate surface area is 117 Å². The second-order valence-electron chi connectivity index (χ2n) is 4.34. The van der Waals surface area contributed by atoms with Crippen molar-refractivity contribution in [2.24, 2.45) is 0 Å². The number of halogens is 2. The molecular weight excluding hydrogens is 288 g/mol. The molecule has 2 rings (SSSR count). The number of hydrogen-bond donors (Lipinski definition) is 0. The van der Waals surface area contributed by atoms with E-state index in [2.05, 4.69) is 4.74 Å². The van der Waals surface area contributed by atoms with Gasteiger partial charge in [-0.25, -0.2) is 13.7 Å². The number of ketones is 1. The SMILES string of the molecule is CC(=O)CC(=O)OCN1C(=O)c2c(F)ccc(F)c2C1=O. The normalized spacial score (nSPS) is 13.4. The largest absolute Gasteiger partial charge is 0.443 e. The van der Waals surface area contributed by atoms with E-state index in [0.29, 0.717) is 4.90 Å². The van der Waals surface area contributed by atoms with Gasteiger partial charge in [0.15, 0.2) is 6.73 Å². The standard InChI is InChI=1S/C13H9F2NO5/c1-6(17)4-9(18)21-5-16-12(19)10-7(14)2-3-8(15)11(10)13(16)20/h2-3H,4-5H2,1H3. The Morgan fingerprint density at radius 3 is 2.00 bits per heavy atom. The number of Topliss-reactive ketones (excluding diaryl/α,β-unsaturated/α-hetero) is 1. The van der Waals surface area contributed by atoms with Crippen molar-refractivity contribution in [3.8, 4) is 0 Å². The van der Waals surface area contributed by atoms with Crippen molar-refractivity contribution in [2.75, 3.05) is 6.73 Å². The average Bonchev–Trinajstić information content (AvgIpc) is 2.64. The number of fused-ring (bicyclic) bond motifs is 1.